The van der Waals surface area contributed by atoms with Crippen molar-refractivity contribution in [2.45, 2.75) is 46.0 Å². The summed E-state index contributed by atoms with van der Waals surface area (Å²) < 4.78 is 0. The van der Waals surface area contributed by atoms with Gasteiger partial charge in [-0.2, -0.15) is 0 Å². The van der Waals surface area contributed by atoms with Crippen LogP contribution in [0, 0.1) is 18.3 Å². The predicted octanol–water partition coefficient (Wildman–Crippen LogP) is 3.60. The Kier molecular flexibility index (Phi) is 2.97. The SMILES string of the molecule is CCc1nc(Cl)c(C)c(NCC2(C3CC3)CC2)n1. The Bertz CT molecular complexity index is 464. The van der Waals surface area contributed by atoms with Crippen molar-refractivity contribution >= 4 is 17.4 Å². The van der Waals surface area contributed by atoms with Crippen LogP contribution in [-0.2, 0) is 6.42 Å². The van der Waals surface area contributed by atoms with Gasteiger partial charge >= 0.3 is 0 Å². The summed E-state index contributed by atoms with van der Waals surface area (Å²) in [5, 5.41) is 4.10. The first kappa shape index (κ1) is 12.2. The van der Waals surface area contributed by atoms with Gasteiger partial charge in [0.2, 0.25) is 0 Å². The Labute approximate surface area is 113 Å². The van der Waals surface area contributed by atoms with E-state index in [0.29, 0.717) is 10.6 Å². The highest BCUT2D eigenvalue weighted by molar-refractivity contribution is 6.30. The molecule has 3 nitrogen and oxygen atoms in total. The fraction of sp³-hybridized carbons (Fsp3) is 0.714. The molecule has 0 bridgehead atoms. The Morgan fingerprint density at radius 2 is 2.06 bits per heavy atom. The maximum atomic E-state index is 6.15. The van der Waals surface area contributed by atoms with Gasteiger partial charge in [-0.3, -0.25) is 0 Å². The summed E-state index contributed by atoms with van der Waals surface area (Å²) >= 11 is 6.15. The molecule has 98 valence electrons. The molecule has 0 saturated heterocycles. The second kappa shape index (κ2) is 4.37. The molecule has 0 amide bonds. The average molecular weight is 266 g/mol. The molecule has 0 aliphatic heterocycles. The number of aromatic nitrogens is 2. The molecule has 0 unspecified atom stereocenters. The molecule has 2 aliphatic carbocycles. The summed E-state index contributed by atoms with van der Waals surface area (Å²) in [5.41, 5.74) is 1.55. The minimum Gasteiger partial charge on any atom is -0.369 e. The van der Waals surface area contributed by atoms with Crippen molar-refractivity contribution in [1.29, 1.82) is 0 Å². The van der Waals surface area contributed by atoms with Gasteiger partial charge in [0.05, 0.1) is 0 Å². The van der Waals surface area contributed by atoms with E-state index in [1.165, 1.54) is 25.7 Å². The monoisotopic (exact) mass is 265 g/mol. The van der Waals surface area contributed by atoms with Crippen molar-refractivity contribution in [3.05, 3.63) is 16.5 Å². The summed E-state index contributed by atoms with van der Waals surface area (Å²) in [6.45, 7) is 5.09. The van der Waals surface area contributed by atoms with E-state index in [9.17, 15) is 0 Å². The molecule has 2 fully saturated rings. The zero-order valence-corrected chi connectivity index (χ0v) is 11.8. The van der Waals surface area contributed by atoms with E-state index >= 15 is 0 Å². The highest BCUT2D eigenvalue weighted by atomic mass is 35.5. The number of aryl methyl sites for hydroxylation is 1. The summed E-state index contributed by atoms with van der Waals surface area (Å²) in [6.07, 6.45) is 6.42. The molecule has 18 heavy (non-hydrogen) atoms. The molecule has 1 aromatic rings. The number of anilines is 1. The lowest BCUT2D eigenvalue weighted by Gasteiger charge is -2.17. The predicted molar refractivity (Wildman–Crippen MR) is 74.0 cm³/mol. The summed E-state index contributed by atoms with van der Waals surface area (Å²) in [4.78, 5) is 8.83. The molecule has 0 radical (unpaired) electrons. The third-order valence-electron chi connectivity index (χ3n) is 4.39. The molecule has 1 N–H and O–H groups in total. The van der Waals surface area contributed by atoms with E-state index in [1.807, 2.05) is 6.92 Å². The van der Waals surface area contributed by atoms with E-state index in [0.717, 1.165) is 36.1 Å². The first-order chi connectivity index (χ1) is 8.64. The first-order valence-corrected chi connectivity index (χ1v) is 7.29. The number of nitrogens with zero attached hydrogens (tertiary/aromatic N) is 2. The van der Waals surface area contributed by atoms with Crippen molar-refractivity contribution in [2.24, 2.45) is 11.3 Å². The quantitative estimate of drug-likeness (QED) is 0.827. The third kappa shape index (κ3) is 2.20. The third-order valence-corrected chi connectivity index (χ3v) is 4.76. The van der Waals surface area contributed by atoms with Gasteiger partial charge in [-0.25, -0.2) is 9.97 Å². The Balaban J connectivity index is 1.73. The van der Waals surface area contributed by atoms with Crippen LogP contribution in [0.5, 0.6) is 0 Å². The number of rotatable bonds is 5. The zero-order valence-electron chi connectivity index (χ0n) is 11.1. The lowest BCUT2D eigenvalue weighted by Crippen LogP contribution is -2.19. The van der Waals surface area contributed by atoms with E-state index in [1.54, 1.807) is 0 Å². The van der Waals surface area contributed by atoms with E-state index in [4.69, 9.17) is 11.6 Å². The topological polar surface area (TPSA) is 37.8 Å². The minimum absolute atomic E-state index is 0.580. The number of halogens is 1. The Morgan fingerprint density at radius 3 is 2.61 bits per heavy atom. The van der Waals surface area contributed by atoms with Crippen LogP contribution in [0.4, 0.5) is 5.82 Å². The molecule has 2 aliphatic rings. The molecule has 0 spiro atoms. The fourth-order valence-corrected chi connectivity index (χ4v) is 2.90. The maximum absolute atomic E-state index is 6.15. The zero-order chi connectivity index (χ0) is 12.8. The van der Waals surface area contributed by atoms with Gasteiger partial charge in [0.25, 0.3) is 0 Å². The van der Waals surface area contributed by atoms with Gasteiger partial charge < -0.3 is 5.32 Å². The molecule has 3 rings (SSSR count). The minimum atomic E-state index is 0.580. The normalized spacial score (nSPS) is 20.8. The van der Waals surface area contributed by atoms with Crippen LogP contribution < -0.4 is 5.32 Å². The van der Waals surface area contributed by atoms with Gasteiger partial charge in [-0.05, 0) is 43.9 Å². The fourth-order valence-electron chi connectivity index (χ4n) is 2.71. The van der Waals surface area contributed by atoms with Crippen molar-refractivity contribution in [3.8, 4) is 0 Å². The van der Waals surface area contributed by atoms with Gasteiger partial charge in [-0.15, -0.1) is 0 Å². The second-order valence-corrected chi connectivity index (χ2v) is 6.11. The van der Waals surface area contributed by atoms with Gasteiger partial charge in [0.15, 0.2) is 0 Å². The number of hydrogen-bond acceptors (Lipinski definition) is 3. The van der Waals surface area contributed by atoms with Gasteiger partial charge in [0, 0.05) is 18.5 Å². The first-order valence-electron chi connectivity index (χ1n) is 6.91. The smallest absolute Gasteiger partial charge is 0.137 e. The molecule has 4 heteroatoms. The largest absolute Gasteiger partial charge is 0.369 e. The standard InChI is InChI=1S/C14H20ClN3/c1-3-11-17-12(15)9(2)13(18-11)16-8-14(6-7-14)10-4-5-10/h10H,3-8H2,1-2H3,(H,16,17,18). The number of hydrogen-bond donors (Lipinski definition) is 1. The molecule has 0 aromatic carbocycles. The van der Waals surface area contributed by atoms with Crippen molar-refractivity contribution in [3.63, 3.8) is 0 Å². The molecule has 1 aromatic heterocycles. The van der Waals surface area contributed by atoms with Crippen LogP contribution >= 0.6 is 11.6 Å². The van der Waals surface area contributed by atoms with Crippen LogP contribution in [-0.4, -0.2) is 16.5 Å². The van der Waals surface area contributed by atoms with E-state index in [2.05, 4.69) is 22.2 Å². The average Bonchev–Trinajstić information content (AvgIpc) is 3.23. The number of nitrogens with one attached hydrogen (secondary N) is 1. The second-order valence-electron chi connectivity index (χ2n) is 5.75. The molecular formula is C14H20ClN3. The lowest BCUT2D eigenvalue weighted by molar-refractivity contribution is 0.466. The van der Waals surface area contributed by atoms with Gasteiger partial charge in [0.1, 0.15) is 16.8 Å². The molecule has 0 atom stereocenters. The molecule has 1 heterocycles. The lowest BCUT2D eigenvalue weighted by atomic mass is 10.0. The highest BCUT2D eigenvalue weighted by Crippen LogP contribution is 2.61. The van der Waals surface area contributed by atoms with Crippen LogP contribution in [0.1, 0.15) is 44.0 Å². The van der Waals surface area contributed by atoms with Crippen LogP contribution in [0.15, 0.2) is 0 Å². The van der Waals surface area contributed by atoms with Gasteiger partial charge in [-0.1, -0.05) is 18.5 Å². The van der Waals surface area contributed by atoms with Crippen LogP contribution in [0.3, 0.4) is 0 Å². The molecular weight excluding hydrogens is 246 g/mol. The Hall–Kier alpha value is -0.830. The van der Waals surface area contributed by atoms with E-state index in [-0.39, 0.29) is 0 Å². The van der Waals surface area contributed by atoms with Crippen molar-refractivity contribution < 1.29 is 0 Å². The summed E-state index contributed by atoms with van der Waals surface area (Å²) in [5.74, 6) is 2.72. The van der Waals surface area contributed by atoms with Crippen molar-refractivity contribution in [2.75, 3.05) is 11.9 Å². The van der Waals surface area contributed by atoms with E-state index < -0.39 is 0 Å². The maximum Gasteiger partial charge on any atom is 0.137 e. The molecule has 2 saturated carbocycles. The van der Waals surface area contributed by atoms with Crippen LogP contribution in [0.2, 0.25) is 5.15 Å². The summed E-state index contributed by atoms with van der Waals surface area (Å²) in [7, 11) is 0. The summed E-state index contributed by atoms with van der Waals surface area (Å²) in [6, 6.07) is 0. The Morgan fingerprint density at radius 1 is 1.33 bits per heavy atom. The van der Waals surface area contributed by atoms with Crippen molar-refractivity contribution in [1.82, 2.24) is 9.97 Å². The highest BCUT2D eigenvalue weighted by Gasteiger charge is 2.53. The van der Waals surface area contributed by atoms with Crippen LogP contribution in [0.25, 0.3) is 0 Å².